The van der Waals surface area contributed by atoms with Crippen molar-refractivity contribution >= 4 is 28.8 Å². The van der Waals surface area contributed by atoms with E-state index in [1.54, 1.807) is 28.8 Å². The van der Waals surface area contributed by atoms with Gasteiger partial charge in [-0.15, -0.1) is 11.3 Å². The van der Waals surface area contributed by atoms with Gasteiger partial charge in [0.2, 0.25) is 11.8 Å². The van der Waals surface area contributed by atoms with Crippen LogP contribution in [-0.2, 0) is 22.7 Å². The summed E-state index contributed by atoms with van der Waals surface area (Å²) in [6.45, 7) is 3.21. The molecule has 0 radical (unpaired) electrons. The van der Waals surface area contributed by atoms with E-state index in [-0.39, 0.29) is 24.3 Å². The molecule has 1 N–H and O–H groups in total. The quantitative estimate of drug-likeness (QED) is 0.425. The Kier molecular flexibility index (Phi) is 6.27. The lowest BCUT2D eigenvalue weighted by atomic mass is 9.97. The van der Waals surface area contributed by atoms with Gasteiger partial charge in [0.1, 0.15) is 0 Å². The minimum atomic E-state index is -0.437. The van der Waals surface area contributed by atoms with Gasteiger partial charge in [-0.1, -0.05) is 48.0 Å². The van der Waals surface area contributed by atoms with Crippen molar-refractivity contribution in [1.82, 2.24) is 14.9 Å². The van der Waals surface area contributed by atoms with Crippen LogP contribution in [0.25, 0.3) is 0 Å². The molecule has 0 unspecified atom stereocenters. The maximum Gasteiger partial charge on any atom is 0.228 e. The molecular formula is C27H26N4O2S. The van der Waals surface area contributed by atoms with Gasteiger partial charge in [-0.25, -0.2) is 4.98 Å². The minimum absolute atomic E-state index is 0.0220. The number of nitrogens with zero attached hydrogens (tertiary/aromatic N) is 3. The number of thiophene rings is 1. The molecule has 7 heteroatoms. The number of hydrogen-bond acceptors (Lipinski definition) is 4. The van der Waals surface area contributed by atoms with Crippen molar-refractivity contribution < 1.29 is 9.59 Å². The third kappa shape index (κ3) is 4.65. The van der Waals surface area contributed by atoms with E-state index in [1.165, 1.54) is 5.56 Å². The molecule has 0 spiro atoms. The molecule has 34 heavy (non-hydrogen) atoms. The first-order valence-corrected chi connectivity index (χ1v) is 12.2. The summed E-state index contributed by atoms with van der Waals surface area (Å²) in [6.07, 6.45) is 5.69. The zero-order valence-corrected chi connectivity index (χ0v) is 19.7. The predicted molar refractivity (Wildman–Crippen MR) is 133 cm³/mol. The second kappa shape index (κ2) is 9.65. The summed E-state index contributed by atoms with van der Waals surface area (Å²) in [5, 5.41) is 5.06. The molecule has 1 aliphatic rings. The Hall–Kier alpha value is -3.71. The zero-order chi connectivity index (χ0) is 23.5. The molecule has 5 rings (SSSR count). The number of nitrogens with one attached hydrogen (secondary N) is 1. The number of carbonyl (C=O) groups excluding carboxylic acids is 2. The Morgan fingerprint density at radius 1 is 1.09 bits per heavy atom. The van der Waals surface area contributed by atoms with Crippen molar-refractivity contribution in [2.45, 2.75) is 32.5 Å². The maximum absolute atomic E-state index is 13.3. The summed E-state index contributed by atoms with van der Waals surface area (Å²) in [5.41, 5.74) is 4.15. The SMILES string of the molecule is Cc1ccc(N2C(=O)C[C@H](C(=O)NCc3ccc(Cn4ccnc4)cc3)[C@H]2c2cccs2)cc1. The van der Waals surface area contributed by atoms with Crippen molar-refractivity contribution in [3.05, 3.63) is 106 Å². The second-order valence-electron chi connectivity index (χ2n) is 8.64. The third-order valence-corrected chi connectivity index (χ3v) is 7.16. The van der Waals surface area contributed by atoms with E-state index in [0.717, 1.165) is 28.2 Å². The van der Waals surface area contributed by atoms with Crippen molar-refractivity contribution in [2.75, 3.05) is 4.90 Å². The van der Waals surface area contributed by atoms with E-state index in [1.807, 2.05) is 71.6 Å². The highest BCUT2D eigenvalue weighted by molar-refractivity contribution is 7.10. The molecule has 0 saturated carbocycles. The van der Waals surface area contributed by atoms with Crippen LogP contribution in [-0.4, -0.2) is 21.4 Å². The van der Waals surface area contributed by atoms with Gasteiger partial charge < -0.3 is 14.8 Å². The Balaban J connectivity index is 1.29. The van der Waals surface area contributed by atoms with Gasteiger partial charge >= 0.3 is 0 Å². The van der Waals surface area contributed by atoms with E-state index >= 15 is 0 Å². The Morgan fingerprint density at radius 2 is 1.85 bits per heavy atom. The zero-order valence-electron chi connectivity index (χ0n) is 18.9. The number of rotatable bonds is 7. The summed E-state index contributed by atoms with van der Waals surface area (Å²) < 4.78 is 2.01. The van der Waals surface area contributed by atoms with Crippen molar-refractivity contribution in [3.63, 3.8) is 0 Å². The first-order valence-electron chi connectivity index (χ1n) is 11.3. The lowest BCUT2D eigenvalue weighted by Gasteiger charge is -2.27. The Labute approximate surface area is 202 Å². The lowest BCUT2D eigenvalue weighted by molar-refractivity contribution is -0.126. The molecular weight excluding hydrogens is 444 g/mol. The van der Waals surface area contributed by atoms with E-state index in [2.05, 4.69) is 22.4 Å². The topological polar surface area (TPSA) is 67.2 Å². The van der Waals surface area contributed by atoms with Crippen molar-refractivity contribution in [2.24, 2.45) is 5.92 Å². The number of anilines is 1. The minimum Gasteiger partial charge on any atom is -0.352 e. The molecule has 1 fully saturated rings. The Morgan fingerprint density at radius 3 is 2.53 bits per heavy atom. The van der Waals surface area contributed by atoms with E-state index in [4.69, 9.17) is 0 Å². The molecule has 2 aromatic carbocycles. The average Bonchev–Trinajstić information content (AvgIpc) is 3.61. The smallest absolute Gasteiger partial charge is 0.228 e. The highest BCUT2D eigenvalue weighted by Crippen LogP contribution is 2.43. The van der Waals surface area contributed by atoms with Crippen molar-refractivity contribution in [3.8, 4) is 0 Å². The van der Waals surface area contributed by atoms with E-state index < -0.39 is 5.92 Å². The van der Waals surface area contributed by atoms with Crippen LogP contribution in [0.2, 0.25) is 0 Å². The fourth-order valence-electron chi connectivity index (χ4n) is 4.44. The molecule has 6 nitrogen and oxygen atoms in total. The molecule has 2 atom stereocenters. The number of benzene rings is 2. The number of imidazole rings is 1. The molecule has 2 aromatic heterocycles. The van der Waals surface area contributed by atoms with Crippen LogP contribution in [0.5, 0.6) is 0 Å². The van der Waals surface area contributed by atoms with Crippen LogP contribution < -0.4 is 10.2 Å². The summed E-state index contributed by atoms with van der Waals surface area (Å²) in [5.74, 6) is -0.553. The summed E-state index contributed by atoms with van der Waals surface area (Å²) in [6, 6.07) is 19.8. The molecule has 4 aromatic rings. The Bertz CT molecular complexity index is 1250. The highest BCUT2D eigenvalue weighted by Gasteiger charge is 2.45. The fourth-order valence-corrected chi connectivity index (χ4v) is 5.32. The van der Waals surface area contributed by atoms with E-state index in [0.29, 0.717) is 6.54 Å². The van der Waals surface area contributed by atoms with Crippen LogP contribution in [0.4, 0.5) is 5.69 Å². The maximum atomic E-state index is 13.3. The van der Waals surface area contributed by atoms with E-state index in [9.17, 15) is 9.59 Å². The third-order valence-electron chi connectivity index (χ3n) is 6.22. The normalized spacial score (nSPS) is 17.8. The van der Waals surface area contributed by atoms with Gasteiger partial charge in [0.25, 0.3) is 0 Å². The van der Waals surface area contributed by atoms with Crippen LogP contribution >= 0.6 is 11.3 Å². The molecule has 1 aliphatic heterocycles. The van der Waals surface area contributed by atoms with Gasteiger partial charge in [-0.2, -0.15) is 0 Å². The number of aromatic nitrogens is 2. The molecule has 1 saturated heterocycles. The van der Waals surface area contributed by atoms with Crippen LogP contribution in [0.3, 0.4) is 0 Å². The second-order valence-corrected chi connectivity index (χ2v) is 9.62. The molecule has 0 aliphatic carbocycles. The molecule has 3 heterocycles. The van der Waals surface area contributed by atoms with Crippen LogP contribution in [0, 0.1) is 12.8 Å². The molecule has 2 amide bonds. The monoisotopic (exact) mass is 470 g/mol. The van der Waals surface area contributed by atoms with Gasteiger partial charge in [0, 0.05) is 42.5 Å². The number of amides is 2. The largest absolute Gasteiger partial charge is 0.352 e. The molecule has 172 valence electrons. The van der Waals surface area contributed by atoms with Gasteiger partial charge in [0.15, 0.2) is 0 Å². The first kappa shape index (κ1) is 22.1. The lowest BCUT2D eigenvalue weighted by Crippen LogP contribution is -2.35. The molecule has 0 bridgehead atoms. The summed E-state index contributed by atoms with van der Waals surface area (Å²) in [4.78, 5) is 33.2. The van der Waals surface area contributed by atoms with Gasteiger partial charge in [0.05, 0.1) is 18.3 Å². The number of aryl methyl sites for hydroxylation is 1. The number of hydrogen-bond donors (Lipinski definition) is 1. The van der Waals surface area contributed by atoms with Crippen LogP contribution in [0.15, 0.2) is 84.8 Å². The fraction of sp³-hybridized carbons (Fsp3) is 0.222. The first-order chi connectivity index (χ1) is 16.6. The average molecular weight is 471 g/mol. The standard InChI is InChI=1S/C27H26N4O2S/c1-19-4-10-22(11-5-19)31-25(32)15-23(26(31)24-3-2-14-34-24)27(33)29-16-20-6-8-21(9-7-20)17-30-13-12-28-18-30/h2-14,18,23,26H,15-17H2,1H3,(H,29,33)/t23-,26-/m0/s1. The predicted octanol–water partition coefficient (Wildman–Crippen LogP) is 4.71. The summed E-state index contributed by atoms with van der Waals surface area (Å²) in [7, 11) is 0. The van der Waals surface area contributed by atoms with Crippen LogP contribution in [0.1, 0.15) is 34.0 Å². The summed E-state index contributed by atoms with van der Waals surface area (Å²) >= 11 is 1.58. The van der Waals surface area contributed by atoms with Gasteiger partial charge in [-0.3, -0.25) is 9.59 Å². The highest BCUT2D eigenvalue weighted by atomic mass is 32.1. The van der Waals surface area contributed by atoms with Gasteiger partial charge in [-0.05, 0) is 41.6 Å². The number of carbonyl (C=O) groups is 2. The van der Waals surface area contributed by atoms with Crippen molar-refractivity contribution in [1.29, 1.82) is 0 Å².